The van der Waals surface area contributed by atoms with Crippen LogP contribution in [-0.2, 0) is 14.4 Å². The van der Waals surface area contributed by atoms with Gasteiger partial charge in [-0.2, -0.15) is 0 Å². The zero-order valence-corrected chi connectivity index (χ0v) is 10.3. The van der Waals surface area contributed by atoms with Crippen molar-refractivity contribution in [1.82, 2.24) is 15.5 Å². The molecule has 0 aromatic carbocycles. The SMILES string of the molecule is CCN(CC)C(=O)CNC(=O)C(=O)NCCN. The van der Waals surface area contributed by atoms with Gasteiger partial charge in [-0.1, -0.05) is 0 Å². The minimum Gasteiger partial charge on any atom is -0.347 e. The minimum atomic E-state index is -0.820. The predicted molar refractivity (Wildman–Crippen MR) is 63.0 cm³/mol. The van der Waals surface area contributed by atoms with Gasteiger partial charge >= 0.3 is 11.8 Å². The summed E-state index contributed by atoms with van der Waals surface area (Å²) in [5.74, 6) is -1.81. The monoisotopic (exact) mass is 244 g/mol. The average Bonchev–Trinajstić information content (AvgIpc) is 2.34. The summed E-state index contributed by atoms with van der Waals surface area (Å²) in [5, 5.41) is 4.57. The summed E-state index contributed by atoms with van der Waals surface area (Å²) in [6.45, 7) is 5.16. The quantitative estimate of drug-likeness (QED) is 0.472. The molecule has 0 bridgehead atoms. The Hall–Kier alpha value is -1.63. The van der Waals surface area contributed by atoms with Crippen molar-refractivity contribution in [3.8, 4) is 0 Å². The largest absolute Gasteiger partial charge is 0.347 e. The van der Waals surface area contributed by atoms with Crippen molar-refractivity contribution in [2.24, 2.45) is 5.73 Å². The van der Waals surface area contributed by atoms with Gasteiger partial charge in [-0.05, 0) is 13.8 Å². The van der Waals surface area contributed by atoms with Gasteiger partial charge in [-0.15, -0.1) is 0 Å². The van der Waals surface area contributed by atoms with Crippen LogP contribution in [0, 0.1) is 0 Å². The number of rotatable bonds is 6. The van der Waals surface area contributed by atoms with Crippen LogP contribution in [0.5, 0.6) is 0 Å². The number of carbonyl (C=O) groups excluding carboxylic acids is 3. The Morgan fingerprint density at radius 3 is 2.06 bits per heavy atom. The van der Waals surface area contributed by atoms with Gasteiger partial charge in [-0.25, -0.2) is 0 Å². The number of amides is 3. The maximum absolute atomic E-state index is 11.5. The molecule has 0 spiro atoms. The zero-order chi connectivity index (χ0) is 13.3. The lowest BCUT2D eigenvalue weighted by Crippen LogP contribution is -2.46. The van der Waals surface area contributed by atoms with Crippen LogP contribution >= 0.6 is 0 Å². The second kappa shape index (κ2) is 8.51. The molecule has 0 radical (unpaired) electrons. The van der Waals surface area contributed by atoms with E-state index >= 15 is 0 Å². The number of nitrogens with zero attached hydrogens (tertiary/aromatic N) is 1. The molecule has 0 rings (SSSR count). The van der Waals surface area contributed by atoms with E-state index in [-0.39, 0.29) is 25.5 Å². The standard InChI is InChI=1S/C10H20N4O3/c1-3-14(4-2)8(15)7-13-10(17)9(16)12-6-5-11/h3-7,11H2,1-2H3,(H,12,16)(H,13,17). The number of carbonyl (C=O) groups is 3. The summed E-state index contributed by atoms with van der Waals surface area (Å²) in [6, 6.07) is 0. The Kier molecular flexibility index (Phi) is 7.70. The second-order valence-corrected chi connectivity index (χ2v) is 3.29. The van der Waals surface area contributed by atoms with Crippen molar-refractivity contribution < 1.29 is 14.4 Å². The number of likely N-dealkylation sites (N-methyl/N-ethyl adjacent to an activating group) is 1. The summed E-state index contributed by atoms with van der Waals surface area (Å²) >= 11 is 0. The van der Waals surface area contributed by atoms with E-state index in [9.17, 15) is 14.4 Å². The summed E-state index contributed by atoms with van der Waals surface area (Å²) in [4.78, 5) is 35.4. The number of hydrogen-bond donors (Lipinski definition) is 3. The van der Waals surface area contributed by atoms with E-state index in [2.05, 4.69) is 10.6 Å². The fourth-order valence-corrected chi connectivity index (χ4v) is 1.19. The van der Waals surface area contributed by atoms with E-state index in [1.807, 2.05) is 13.8 Å². The molecule has 0 saturated heterocycles. The van der Waals surface area contributed by atoms with Crippen LogP contribution in [0.4, 0.5) is 0 Å². The lowest BCUT2D eigenvalue weighted by atomic mass is 10.4. The van der Waals surface area contributed by atoms with Gasteiger partial charge in [0.1, 0.15) is 0 Å². The molecule has 98 valence electrons. The fourth-order valence-electron chi connectivity index (χ4n) is 1.19. The van der Waals surface area contributed by atoms with Crippen LogP contribution < -0.4 is 16.4 Å². The van der Waals surface area contributed by atoms with E-state index < -0.39 is 11.8 Å². The number of nitrogens with one attached hydrogen (secondary N) is 2. The lowest BCUT2D eigenvalue weighted by Gasteiger charge is -2.18. The fraction of sp³-hybridized carbons (Fsp3) is 0.700. The maximum atomic E-state index is 11.5. The third-order valence-electron chi connectivity index (χ3n) is 2.15. The van der Waals surface area contributed by atoms with Crippen LogP contribution in [0.2, 0.25) is 0 Å². The molecule has 0 aliphatic carbocycles. The van der Waals surface area contributed by atoms with Gasteiger partial charge < -0.3 is 21.3 Å². The highest BCUT2D eigenvalue weighted by molar-refractivity contribution is 6.35. The van der Waals surface area contributed by atoms with Crippen molar-refractivity contribution in [2.45, 2.75) is 13.8 Å². The maximum Gasteiger partial charge on any atom is 0.309 e. The topological polar surface area (TPSA) is 105 Å². The van der Waals surface area contributed by atoms with E-state index in [4.69, 9.17) is 5.73 Å². The molecule has 0 aromatic heterocycles. The summed E-state index contributed by atoms with van der Waals surface area (Å²) < 4.78 is 0. The molecule has 3 amide bonds. The minimum absolute atomic E-state index is 0.170. The third kappa shape index (κ3) is 5.86. The van der Waals surface area contributed by atoms with Crippen molar-refractivity contribution in [2.75, 3.05) is 32.7 Å². The van der Waals surface area contributed by atoms with Crippen LogP contribution in [0.15, 0.2) is 0 Å². The zero-order valence-electron chi connectivity index (χ0n) is 10.3. The first-order valence-corrected chi connectivity index (χ1v) is 5.60. The highest BCUT2D eigenvalue weighted by Crippen LogP contribution is 1.87. The molecule has 0 aromatic rings. The molecule has 0 aliphatic rings. The van der Waals surface area contributed by atoms with Gasteiger partial charge in [0, 0.05) is 26.2 Å². The Bertz CT molecular complexity index is 277. The average molecular weight is 244 g/mol. The van der Waals surface area contributed by atoms with E-state index in [0.717, 1.165) is 0 Å². The second-order valence-electron chi connectivity index (χ2n) is 3.29. The van der Waals surface area contributed by atoms with Crippen molar-refractivity contribution in [3.63, 3.8) is 0 Å². The van der Waals surface area contributed by atoms with Gasteiger partial charge in [0.15, 0.2) is 0 Å². The Balaban J connectivity index is 3.98. The molecule has 0 heterocycles. The molecule has 0 unspecified atom stereocenters. The van der Waals surface area contributed by atoms with Crippen LogP contribution in [0.25, 0.3) is 0 Å². The predicted octanol–water partition coefficient (Wildman–Crippen LogP) is -1.95. The number of nitrogens with two attached hydrogens (primary N) is 1. The summed E-state index contributed by atoms with van der Waals surface area (Å²) in [5.41, 5.74) is 5.17. The van der Waals surface area contributed by atoms with Crippen LogP contribution in [-0.4, -0.2) is 55.3 Å². The van der Waals surface area contributed by atoms with Gasteiger partial charge in [0.25, 0.3) is 0 Å². The van der Waals surface area contributed by atoms with Gasteiger partial charge in [-0.3, -0.25) is 14.4 Å². The van der Waals surface area contributed by atoms with E-state index in [1.165, 1.54) is 0 Å². The molecule has 17 heavy (non-hydrogen) atoms. The van der Waals surface area contributed by atoms with Crippen molar-refractivity contribution in [3.05, 3.63) is 0 Å². The first-order valence-electron chi connectivity index (χ1n) is 5.60. The number of hydrogen-bond acceptors (Lipinski definition) is 4. The first kappa shape index (κ1) is 15.4. The Labute approximate surface area is 101 Å². The van der Waals surface area contributed by atoms with E-state index in [0.29, 0.717) is 13.1 Å². The molecule has 0 atom stereocenters. The van der Waals surface area contributed by atoms with E-state index in [1.54, 1.807) is 4.90 Å². The Morgan fingerprint density at radius 1 is 1.06 bits per heavy atom. The highest BCUT2D eigenvalue weighted by atomic mass is 16.2. The van der Waals surface area contributed by atoms with Crippen molar-refractivity contribution in [1.29, 1.82) is 0 Å². The molecule has 4 N–H and O–H groups in total. The van der Waals surface area contributed by atoms with Crippen LogP contribution in [0.3, 0.4) is 0 Å². The molecular weight excluding hydrogens is 224 g/mol. The molecule has 0 aliphatic heterocycles. The summed E-state index contributed by atoms with van der Waals surface area (Å²) in [7, 11) is 0. The van der Waals surface area contributed by atoms with Gasteiger partial charge in [0.2, 0.25) is 5.91 Å². The first-order chi connectivity index (χ1) is 8.06. The van der Waals surface area contributed by atoms with Crippen LogP contribution in [0.1, 0.15) is 13.8 Å². The Morgan fingerprint density at radius 2 is 1.59 bits per heavy atom. The molecule has 0 saturated carbocycles. The van der Waals surface area contributed by atoms with Crippen molar-refractivity contribution >= 4 is 17.7 Å². The normalized spacial score (nSPS) is 9.59. The molecule has 7 heteroatoms. The molecule has 0 fully saturated rings. The smallest absolute Gasteiger partial charge is 0.309 e. The van der Waals surface area contributed by atoms with Gasteiger partial charge in [0.05, 0.1) is 6.54 Å². The highest BCUT2D eigenvalue weighted by Gasteiger charge is 2.15. The lowest BCUT2D eigenvalue weighted by molar-refractivity contribution is -0.140. The summed E-state index contributed by atoms with van der Waals surface area (Å²) in [6.07, 6.45) is 0. The third-order valence-corrected chi connectivity index (χ3v) is 2.15. The molecule has 7 nitrogen and oxygen atoms in total. The molecular formula is C10H20N4O3.